The maximum Gasteiger partial charge on any atom is 0.349 e. The number of hydrogen-bond acceptors (Lipinski definition) is 7. The molecule has 2 aromatic heterocycles. The van der Waals surface area contributed by atoms with Crippen LogP contribution in [0.4, 0.5) is 0 Å². The first-order valence-corrected chi connectivity index (χ1v) is 10.3. The third-order valence-electron chi connectivity index (χ3n) is 4.85. The van der Waals surface area contributed by atoms with E-state index in [2.05, 4.69) is 5.32 Å². The van der Waals surface area contributed by atoms with Crippen LogP contribution in [-0.2, 0) is 17.8 Å². The molecule has 4 aromatic rings. The van der Waals surface area contributed by atoms with Crippen LogP contribution in [0.2, 0.25) is 0 Å². The maximum absolute atomic E-state index is 12.3. The van der Waals surface area contributed by atoms with Crippen molar-refractivity contribution in [1.82, 2.24) is 5.32 Å². The van der Waals surface area contributed by atoms with Gasteiger partial charge in [-0.1, -0.05) is 19.1 Å². The van der Waals surface area contributed by atoms with Crippen molar-refractivity contribution < 1.29 is 27.9 Å². The Labute approximate surface area is 188 Å². The van der Waals surface area contributed by atoms with E-state index in [1.165, 1.54) is 18.4 Å². The smallest absolute Gasteiger partial charge is 0.349 e. The molecule has 0 radical (unpaired) electrons. The first kappa shape index (κ1) is 21.9. The molecule has 2 aromatic carbocycles. The van der Waals surface area contributed by atoms with Crippen LogP contribution in [0.5, 0.6) is 11.5 Å². The van der Waals surface area contributed by atoms with Gasteiger partial charge >= 0.3 is 11.6 Å². The maximum atomic E-state index is 12.3. The lowest BCUT2D eigenvalue weighted by Gasteiger charge is -2.08. The van der Waals surface area contributed by atoms with E-state index < -0.39 is 17.5 Å². The first-order chi connectivity index (χ1) is 16.0. The molecule has 4 rings (SSSR count). The average molecular weight is 447 g/mol. The van der Waals surface area contributed by atoms with E-state index in [1.54, 1.807) is 30.3 Å². The van der Waals surface area contributed by atoms with Crippen LogP contribution in [0.15, 0.2) is 80.6 Å². The number of esters is 1. The highest BCUT2D eigenvalue weighted by molar-refractivity contribution is 5.96. The minimum Gasteiger partial charge on any atom is -0.482 e. The Balaban J connectivity index is 1.41. The Kier molecular flexibility index (Phi) is 6.54. The number of rotatable bonds is 8. The normalized spacial score (nSPS) is 10.7. The van der Waals surface area contributed by atoms with Crippen molar-refractivity contribution in [1.29, 1.82) is 0 Å². The number of furan rings is 1. The fourth-order valence-electron chi connectivity index (χ4n) is 3.15. The fraction of sp³-hybridized carbons (Fsp3) is 0.160. The summed E-state index contributed by atoms with van der Waals surface area (Å²) in [6.45, 7) is 1.90. The number of carbonyl (C=O) groups excluding carboxylic acids is 2. The number of benzene rings is 2. The molecule has 0 atom stereocenters. The van der Waals surface area contributed by atoms with Crippen LogP contribution in [0, 0.1) is 0 Å². The van der Waals surface area contributed by atoms with Gasteiger partial charge in [-0.15, -0.1) is 0 Å². The average Bonchev–Trinajstić information content (AvgIpc) is 3.34. The van der Waals surface area contributed by atoms with Crippen LogP contribution in [0.25, 0.3) is 11.0 Å². The van der Waals surface area contributed by atoms with E-state index in [9.17, 15) is 14.4 Å². The molecule has 0 unspecified atom stereocenters. The molecule has 8 heteroatoms. The lowest BCUT2D eigenvalue weighted by molar-refractivity contribution is -0.136. The Bertz CT molecular complexity index is 1340. The van der Waals surface area contributed by atoms with E-state index in [0.717, 1.165) is 12.0 Å². The van der Waals surface area contributed by atoms with Crippen molar-refractivity contribution in [3.05, 3.63) is 94.2 Å². The quantitative estimate of drug-likeness (QED) is 0.248. The second kappa shape index (κ2) is 9.86. The van der Waals surface area contributed by atoms with Crippen LogP contribution in [0.3, 0.4) is 0 Å². The molecule has 168 valence electrons. The summed E-state index contributed by atoms with van der Waals surface area (Å²) in [6.07, 6.45) is 2.35. The van der Waals surface area contributed by atoms with Gasteiger partial charge in [0.2, 0.25) is 0 Å². The molecule has 0 bridgehead atoms. The molecule has 0 fully saturated rings. The van der Waals surface area contributed by atoms with Gasteiger partial charge in [0, 0.05) is 11.5 Å². The molecule has 33 heavy (non-hydrogen) atoms. The van der Waals surface area contributed by atoms with E-state index in [-0.39, 0.29) is 30.0 Å². The van der Waals surface area contributed by atoms with Gasteiger partial charge in [-0.25, -0.2) is 9.59 Å². The van der Waals surface area contributed by atoms with Gasteiger partial charge in [0.25, 0.3) is 5.91 Å². The van der Waals surface area contributed by atoms with Gasteiger partial charge in [-0.3, -0.25) is 4.79 Å². The van der Waals surface area contributed by atoms with E-state index in [0.29, 0.717) is 16.9 Å². The third-order valence-corrected chi connectivity index (χ3v) is 4.85. The number of fused-ring (bicyclic) bond motifs is 1. The monoisotopic (exact) mass is 447 g/mol. The minimum absolute atomic E-state index is 0.137. The zero-order valence-corrected chi connectivity index (χ0v) is 17.8. The highest BCUT2D eigenvalue weighted by Gasteiger charge is 2.15. The summed E-state index contributed by atoms with van der Waals surface area (Å²) >= 11 is 0. The topological polar surface area (TPSA) is 108 Å². The fourth-order valence-corrected chi connectivity index (χ4v) is 3.15. The summed E-state index contributed by atoms with van der Waals surface area (Å²) in [6, 6.07) is 16.8. The van der Waals surface area contributed by atoms with E-state index >= 15 is 0 Å². The van der Waals surface area contributed by atoms with Crippen LogP contribution < -0.4 is 20.4 Å². The van der Waals surface area contributed by atoms with Gasteiger partial charge in [-0.2, -0.15) is 0 Å². The number of amides is 1. The van der Waals surface area contributed by atoms with Gasteiger partial charge < -0.3 is 23.6 Å². The lowest BCUT2D eigenvalue weighted by atomic mass is 10.1. The molecular weight excluding hydrogens is 426 g/mol. The highest BCUT2D eigenvalue weighted by Crippen LogP contribution is 2.21. The molecule has 0 saturated carbocycles. The molecule has 0 aliphatic rings. The molecule has 1 N–H and O–H groups in total. The standard InChI is InChI=1S/C25H21NO7/c1-2-16-5-3-6-18(11-16)31-15-23(27)32-19-9-8-17-12-21(25(29)33-22(17)13-19)24(28)26-14-20-7-4-10-30-20/h3-13H,2,14-15H2,1H3,(H,26,28). The van der Waals surface area contributed by atoms with Crippen molar-refractivity contribution >= 4 is 22.8 Å². The van der Waals surface area contributed by atoms with Crippen LogP contribution in [0.1, 0.15) is 28.6 Å². The second-order valence-electron chi connectivity index (χ2n) is 7.17. The number of nitrogens with one attached hydrogen (secondary N) is 1. The summed E-state index contributed by atoms with van der Waals surface area (Å²) in [5, 5.41) is 3.11. The van der Waals surface area contributed by atoms with Crippen molar-refractivity contribution in [3.8, 4) is 11.5 Å². The van der Waals surface area contributed by atoms with Gasteiger partial charge in [-0.05, 0) is 54.4 Å². The minimum atomic E-state index is -0.804. The van der Waals surface area contributed by atoms with Crippen LogP contribution >= 0.6 is 0 Å². The molecular formula is C25H21NO7. The van der Waals surface area contributed by atoms with Crippen molar-refractivity contribution in [3.63, 3.8) is 0 Å². The molecule has 1 amide bonds. The SMILES string of the molecule is CCc1cccc(OCC(=O)Oc2ccc3cc(C(=O)NCc4ccco4)c(=O)oc3c2)c1. The molecule has 0 spiro atoms. The summed E-state index contributed by atoms with van der Waals surface area (Å²) in [7, 11) is 0. The van der Waals surface area contributed by atoms with Gasteiger partial charge in [0.05, 0.1) is 12.8 Å². The van der Waals surface area contributed by atoms with Crippen molar-refractivity contribution in [2.24, 2.45) is 0 Å². The number of ether oxygens (including phenoxy) is 2. The molecule has 8 nitrogen and oxygen atoms in total. The second-order valence-corrected chi connectivity index (χ2v) is 7.17. The number of aryl methyl sites for hydroxylation is 1. The Morgan fingerprint density at radius 2 is 1.88 bits per heavy atom. The van der Waals surface area contributed by atoms with Crippen molar-refractivity contribution in [2.45, 2.75) is 19.9 Å². The predicted molar refractivity (Wildman–Crippen MR) is 119 cm³/mol. The van der Waals surface area contributed by atoms with E-state index in [4.69, 9.17) is 18.3 Å². The van der Waals surface area contributed by atoms with Crippen LogP contribution in [-0.4, -0.2) is 18.5 Å². The lowest BCUT2D eigenvalue weighted by Crippen LogP contribution is -2.27. The molecule has 0 aliphatic carbocycles. The Hall–Kier alpha value is -4.33. The van der Waals surface area contributed by atoms with Gasteiger partial charge in [0.15, 0.2) is 6.61 Å². The van der Waals surface area contributed by atoms with Gasteiger partial charge in [0.1, 0.15) is 28.4 Å². The summed E-state index contributed by atoms with van der Waals surface area (Å²) in [4.78, 5) is 36.8. The zero-order valence-electron chi connectivity index (χ0n) is 17.8. The molecule has 0 aliphatic heterocycles. The Morgan fingerprint density at radius 1 is 1.00 bits per heavy atom. The molecule has 0 saturated heterocycles. The zero-order chi connectivity index (χ0) is 23.2. The number of hydrogen-bond donors (Lipinski definition) is 1. The third kappa shape index (κ3) is 5.48. The number of carbonyl (C=O) groups is 2. The largest absolute Gasteiger partial charge is 0.482 e. The predicted octanol–water partition coefficient (Wildman–Crippen LogP) is 3.86. The highest BCUT2D eigenvalue weighted by atomic mass is 16.6. The van der Waals surface area contributed by atoms with Crippen molar-refractivity contribution in [2.75, 3.05) is 6.61 Å². The first-order valence-electron chi connectivity index (χ1n) is 10.3. The summed E-state index contributed by atoms with van der Waals surface area (Å²) in [5.41, 5.74) is 0.340. The summed E-state index contributed by atoms with van der Waals surface area (Å²) < 4.78 is 21.2. The van der Waals surface area contributed by atoms with E-state index in [1.807, 2.05) is 25.1 Å². The molecule has 2 heterocycles. The Morgan fingerprint density at radius 3 is 2.67 bits per heavy atom. The summed E-state index contributed by atoms with van der Waals surface area (Å²) in [5.74, 6) is 0.140.